The highest BCUT2D eigenvalue weighted by atomic mass is 16.7. The summed E-state index contributed by atoms with van der Waals surface area (Å²) in [6.45, 7) is 6.58. The molecule has 242 valence electrons. The molecule has 12 heteroatoms. The molecule has 4 rings (SSSR count). The number of unbranched alkanes of at least 4 members (excludes halogenated alkanes) is 2. The number of nitrogens with one attached hydrogen (secondary N) is 2. The van der Waals surface area contributed by atoms with Gasteiger partial charge in [-0.2, -0.15) is 5.26 Å². The number of nitrogens with zero attached hydrogens (tertiary/aromatic N) is 4. The number of hydrogen-bond acceptors (Lipinski definition) is 9. The van der Waals surface area contributed by atoms with Crippen LogP contribution >= 0.6 is 0 Å². The second-order valence-electron chi connectivity index (χ2n) is 12.0. The normalized spacial score (nSPS) is 19.8. The third kappa shape index (κ3) is 7.72. The number of benzene rings is 1. The molecule has 1 amide bonds. The number of carbonyl (C=O) groups is 3. The highest BCUT2D eigenvalue weighted by Crippen LogP contribution is 2.41. The van der Waals surface area contributed by atoms with Gasteiger partial charge in [-0.25, -0.2) is 19.1 Å². The van der Waals surface area contributed by atoms with Gasteiger partial charge in [0, 0.05) is 25.4 Å². The van der Waals surface area contributed by atoms with Crippen LogP contribution in [0.25, 0.3) is 17.0 Å². The smallest absolute Gasteiger partial charge is 0.377 e. The van der Waals surface area contributed by atoms with Gasteiger partial charge in [-0.15, -0.1) is 5.06 Å². The Kier molecular flexibility index (Phi) is 11.7. The van der Waals surface area contributed by atoms with E-state index in [4.69, 9.17) is 14.3 Å². The molecule has 2 aromatic heterocycles. The number of methoxy groups -OCH3 is 1. The summed E-state index contributed by atoms with van der Waals surface area (Å²) in [4.78, 5) is 48.6. The quantitative estimate of drug-likeness (QED) is 0.0909. The minimum absolute atomic E-state index is 0.00909. The van der Waals surface area contributed by atoms with Crippen LogP contribution < -0.4 is 5.32 Å². The zero-order valence-corrected chi connectivity index (χ0v) is 26.8. The Labute approximate surface area is 264 Å². The Morgan fingerprint density at radius 1 is 1.13 bits per heavy atom. The molecule has 1 saturated carbocycles. The Balaban J connectivity index is 1.80. The van der Waals surface area contributed by atoms with Crippen LogP contribution in [0, 0.1) is 29.1 Å². The number of hydroxylamine groups is 2. The molecule has 2 unspecified atom stereocenters. The summed E-state index contributed by atoms with van der Waals surface area (Å²) < 4.78 is 12.7. The average molecular weight is 621 g/mol. The van der Waals surface area contributed by atoms with Crippen LogP contribution in [0.2, 0.25) is 0 Å². The monoisotopic (exact) mass is 620 g/mol. The molecule has 3 aromatic rings. The van der Waals surface area contributed by atoms with Crippen molar-refractivity contribution in [3.05, 3.63) is 41.1 Å². The Morgan fingerprint density at radius 2 is 1.78 bits per heavy atom. The predicted molar refractivity (Wildman–Crippen MR) is 168 cm³/mol. The maximum atomic E-state index is 14.2. The van der Waals surface area contributed by atoms with Crippen LogP contribution in [0.3, 0.4) is 0 Å². The van der Waals surface area contributed by atoms with E-state index in [1.54, 1.807) is 24.3 Å². The molecular weight excluding hydrogens is 576 g/mol. The standard InChI is InChI=1S/C33H44N6O6/c1-6-8-10-23-16-21(3)17-24(11-9-7-2)29(23)44-32(41)27-26(18-34)28(33(42)45-38(4)20-43-5)39-31(27)36-30(37-39)22-12-14-25(15-13-22)35-19-40/h12-15,19,21,23-24,29H,6-11,16-17,20H2,1-5H3,(H,35,40)(H,36,37). The summed E-state index contributed by atoms with van der Waals surface area (Å²) in [6.07, 6.45) is 8.34. The molecule has 45 heavy (non-hydrogen) atoms. The highest BCUT2D eigenvalue weighted by molar-refractivity contribution is 6.05. The summed E-state index contributed by atoms with van der Waals surface area (Å²) in [5.41, 5.74) is 0.869. The Bertz CT molecular complexity index is 1490. The van der Waals surface area contributed by atoms with E-state index in [2.05, 4.69) is 36.2 Å². The fraction of sp³-hybridized carbons (Fsp3) is 0.545. The molecule has 2 N–H and O–H groups in total. The molecule has 1 aliphatic carbocycles. The third-order valence-electron chi connectivity index (χ3n) is 8.46. The third-order valence-corrected chi connectivity index (χ3v) is 8.46. The number of fused-ring (bicyclic) bond motifs is 1. The van der Waals surface area contributed by atoms with Gasteiger partial charge in [-0.05, 0) is 67.7 Å². The van der Waals surface area contributed by atoms with Crippen molar-refractivity contribution in [3.63, 3.8) is 0 Å². The van der Waals surface area contributed by atoms with E-state index >= 15 is 0 Å². The van der Waals surface area contributed by atoms with Gasteiger partial charge in [0.15, 0.2) is 17.2 Å². The lowest BCUT2D eigenvalue weighted by Crippen LogP contribution is -2.40. The van der Waals surface area contributed by atoms with Gasteiger partial charge in [-0.1, -0.05) is 46.5 Å². The lowest BCUT2D eigenvalue weighted by atomic mass is 9.70. The first-order valence-electron chi connectivity index (χ1n) is 15.7. The molecule has 0 aliphatic heterocycles. The second kappa shape index (κ2) is 15.7. The van der Waals surface area contributed by atoms with Crippen molar-refractivity contribution in [3.8, 4) is 17.5 Å². The highest BCUT2D eigenvalue weighted by Gasteiger charge is 2.40. The number of esters is 1. The maximum absolute atomic E-state index is 14.2. The number of nitriles is 1. The fourth-order valence-corrected chi connectivity index (χ4v) is 6.48. The molecule has 0 saturated heterocycles. The fourth-order valence-electron chi connectivity index (χ4n) is 6.48. The minimum Gasteiger partial charge on any atom is -0.458 e. The first kappa shape index (κ1) is 33.7. The van der Waals surface area contributed by atoms with Crippen LogP contribution in [0.5, 0.6) is 0 Å². The van der Waals surface area contributed by atoms with E-state index in [9.17, 15) is 19.6 Å². The molecule has 1 aliphatic rings. The molecule has 0 bridgehead atoms. The molecular formula is C33H44N6O6. The molecule has 2 atom stereocenters. The van der Waals surface area contributed by atoms with Gasteiger partial charge < -0.3 is 19.6 Å². The number of ether oxygens (including phenoxy) is 2. The van der Waals surface area contributed by atoms with E-state index < -0.39 is 11.9 Å². The van der Waals surface area contributed by atoms with E-state index in [0.717, 1.165) is 51.4 Å². The number of hydrogen-bond donors (Lipinski definition) is 2. The zero-order valence-electron chi connectivity index (χ0n) is 26.8. The lowest BCUT2D eigenvalue weighted by Gasteiger charge is -2.40. The average Bonchev–Trinajstić information content (AvgIpc) is 3.57. The molecule has 1 aromatic carbocycles. The first-order chi connectivity index (χ1) is 21.8. The van der Waals surface area contributed by atoms with E-state index in [1.807, 2.05) is 6.07 Å². The number of aromatic amines is 1. The van der Waals surface area contributed by atoms with E-state index in [1.165, 1.54) is 23.7 Å². The topological polar surface area (TPSA) is 151 Å². The van der Waals surface area contributed by atoms with Gasteiger partial charge >= 0.3 is 11.9 Å². The maximum Gasteiger partial charge on any atom is 0.377 e. The summed E-state index contributed by atoms with van der Waals surface area (Å²) in [7, 11) is 2.97. The van der Waals surface area contributed by atoms with Gasteiger partial charge in [0.2, 0.25) is 6.41 Å². The summed E-state index contributed by atoms with van der Waals surface area (Å²) >= 11 is 0. The van der Waals surface area contributed by atoms with Crippen LogP contribution in [-0.4, -0.2) is 65.0 Å². The number of anilines is 1. The van der Waals surface area contributed by atoms with Gasteiger partial charge in [0.25, 0.3) is 0 Å². The van der Waals surface area contributed by atoms with Crippen molar-refractivity contribution < 1.29 is 28.7 Å². The van der Waals surface area contributed by atoms with Crippen molar-refractivity contribution in [1.29, 1.82) is 5.26 Å². The van der Waals surface area contributed by atoms with Gasteiger partial charge in [0.05, 0.1) is 0 Å². The van der Waals surface area contributed by atoms with Crippen LogP contribution in [-0.2, 0) is 19.1 Å². The SMILES string of the molecule is CCCCC1CC(C)CC(CCCC)C1OC(=O)c1c(C#N)c(C(=O)ON(C)COC)n2[nH]c(-c3ccc(NC=O)cc3)nc12. The molecule has 0 radical (unpaired) electrons. The summed E-state index contributed by atoms with van der Waals surface area (Å²) in [5, 5.41) is 17.1. The predicted octanol–water partition coefficient (Wildman–Crippen LogP) is 5.94. The van der Waals surface area contributed by atoms with E-state index in [-0.39, 0.29) is 47.1 Å². The van der Waals surface area contributed by atoms with Crippen molar-refractivity contribution >= 4 is 29.7 Å². The minimum atomic E-state index is -0.867. The summed E-state index contributed by atoms with van der Waals surface area (Å²) in [6, 6.07) is 8.91. The first-order valence-corrected chi connectivity index (χ1v) is 15.7. The second-order valence-corrected chi connectivity index (χ2v) is 12.0. The zero-order chi connectivity index (χ0) is 32.5. The van der Waals surface area contributed by atoms with Crippen LogP contribution in [0.4, 0.5) is 5.69 Å². The van der Waals surface area contributed by atoms with Gasteiger partial charge in [-0.3, -0.25) is 9.89 Å². The molecule has 12 nitrogen and oxygen atoms in total. The number of H-pyrrole nitrogens is 1. The summed E-state index contributed by atoms with van der Waals surface area (Å²) in [5.74, 6) is -0.249. The largest absolute Gasteiger partial charge is 0.458 e. The lowest BCUT2D eigenvalue weighted by molar-refractivity contribution is -0.141. The molecule has 1 fully saturated rings. The number of aromatic nitrogens is 3. The van der Waals surface area contributed by atoms with Crippen LogP contribution in [0.15, 0.2) is 24.3 Å². The molecule has 2 heterocycles. The van der Waals surface area contributed by atoms with Crippen molar-refractivity contribution in [2.24, 2.45) is 17.8 Å². The van der Waals surface area contributed by atoms with Crippen LogP contribution in [0.1, 0.15) is 98.5 Å². The Hall–Kier alpha value is -4.21. The van der Waals surface area contributed by atoms with E-state index in [0.29, 0.717) is 29.4 Å². The number of amides is 1. The van der Waals surface area contributed by atoms with Crippen molar-refractivity contribution in [2.75, 3.05) is 26.2 Å². The number of carbonyl (C=O) groups excluding carboxylic acids is 3. The molecule has 0 spiro atoms. The van der Waals surface area contributed by atoms with Gasteiger partial charge in [0.1, 0.15) is 30.0 Å². The number of rotatable bonds is 15. The van der Waals surface area contributed by atoms with Crippen molar-refractivity contribution in [1.82, 2.24) is 19.7 Å². The Morgan fingerprint density at radius 3 is 2.33 bits per heavy atom. The van der Waals surface area contributed by atoms with Crippen molar-refractivity contribution in [2.45, 2.75) is 78.2 Å².